The Morgan fingerprint density at radius 3 is 2.42 bits per heavy atom. The Bertz CT molecular complexity index is 1410. The van der Waals surface area contributed by atoms with Crippen LogP contribution in [-0.4, -0.2) is 15.3 Å². The van der Waals surface area contributed by atoms with Gasteiger partial charge in [0, 0.05) is 7.05 Å². The zero-order chi connectivity index (χ0) is 22.0. The van der Waals surface area contributed by atoms with Crippen LogP contribution in [0.15, 0.2) is 83.2 Å². The monoisotopic (exact) mass is 408 g/mol. The van der Waals surface area contributed by atoms with Crippen LogP contribution in [0.3, 0.4) is 0 Å². The zero-order valence-electron chi connectivity index (χ0n) is 17.2. The summed E-state index contributed by atoms with van der Waals surface area (Å²) in [6, 6.07) is 24.6. The van der Waals surface area contributed by atoms with Gasteiger partial charge in [-0.2, -0.15) is 5.26 Å². The molecule has 0 atom stereocenters. The lowest BCUT2D eigenvalue weighted by molar-refractivity contribution is -0.112. The van der Waals surface area contributed by atoms with Crippen molar-refractivity contribution in [3.05, 3.63) is 100.0 Å². The number of nitrogens with zero attached hydrogens (tertiary/aromatic N) is 3. The molecule has 0 fully saturated rings. The lowest BCUT2D eigenvalue weighted by Crippen LogP contribution is -2.23. The van der Waals surface area contributed by atoms with Crippen LogP contribution in [0.1, 0.15) is 11.3 Å². The highest BCUT2D eigenvalue weighted by atomic mass is 16.2. The van der Waals surface area contributed by atoms with Crippen LogP contribution in [0.25, 0.3) is 22.5 Å². The van der Waals surface area contributed by atoms with Crippen molar-refractivity contribution in [1.29, 1.82) is 5.26 Å². The Morgan fingerprint density at radius 1 is 1.00 bits per heavy atom. The summed E-state index contributed by atoms with van der Waals surface area (Å²) in [4.78, 5) is 25.9. The first kappa shape index (κ1) is 19.9. The van der Waals surface area contributed by atoms with Crippen molar-refractivity contribution in [3.8, 4) is 11.8 Å². The van der Waals surface area contributed by atoms with Gasteiger partial charge in [0.25, 0.3) is 11.5 Å². The van der Waals surface area contributed by atoms with Gasteiger partial charge in [-0.15, -0.1) is 0 Å². The van der Waals surface area contributed by atoms with Crippen LogP contribution in [-0.2, 0) is 11.8 Å². The van der Waals surface area contributed by atoms with Gasteiger partial charge in [0.2, 0.25) is 0 Å². The van der Waals surface area contributed by atoms with Crippen molar-refractivity contribution in [3.63, 3.8) is 0 Å². The largest absolute Gasteiger partial charge is 0.315 e. The third-order valence-electron chi connectivity index (χ3n) is 5.28. The number of nitrogens with one attached hydrogen (secondary N) is 1. The fourth-order valence-corrected chi connectivity index (χ4v) is 3.57. The van der Waals surface area contributed by atoms with Crippen molar-refractivity contribution < 1.29 is 4.79 Å². The van der Waals surface area contributed by atoms with Gasteiger partial charge in [-0.3, -0.25) is 14.3 Å². The van der Waals surface area contributed by atoms with E-state index in [-0.39, 0.29) is 16.8 Å². The highest BCUT2D eigenvalue weighted by Crippen LogP contribution is 2.21. The lowest BCUT2D eigenvalue weighted by atomic mass is 10.0. The van der Waals surface area contributed by atoms with Crippen LogP contribution in [0, 0.1) is 18.3 Å². The van der Waals surface area contributed by atoms with Crippen molar-refractivity contribution in [2.24, 2.45) is 7.05 Å². The number of hydrogen-bond acceptors (Lipinski definition) is 3. The molecule has 4 aromatic rings. The Hall–Kier alpha value is -4.37. The van der Waals surface area contributed by atoms with Crippen molar-refractivity contribution in [2.75, 3.05) is 5.32 Å². The molecule has 152 valence electrons. The second-order valence-corrected chi connectivity index (χ2v) is 7.13. The Morgan fingerprint density at radius 2 is 1.68 bits per heavy atom. The first-order valence-electron chi connectivity index (χ1n) is 9.76. The van der Waals surface area contributed by atoms with Gasteiger partial charge in [0.1, 0.15) is 17.3 Å². The van der Waals surface area contributed by atoms with Crippen LogP contribution in [0.2, 0.25) is 0 Å². The number of rotatable bonds is 4. The van der Waals surface area contributed by atoms with E-state index >= 15 is 0 Å². The summed E-state index contributed by atoms with van der Waals surface area (Å²) in [7, 11) is 1.75. The number of aromatic nitrogens is 2. The van der Waals surface area contributed by atoms with Gasteiger partial charge in [0.05, 0.1) is 11.4 Å². The smallest absolute Gasteiger partial charge is 0.295 e. The third-order valence-corrected chi connectivity index (χ3v) is 5.28. The number of nitriles is 1. The van der Waals surface area contributed by atoms with E-state index in [2.05, 4.69) is 5.32 Å². The molecule has 1 amide bonds. The number of hydrogen-bond donors (Lipinski definition) is 1. The maximum atomic E-state index is 13.0. The van der Waals surface area contributed by atoms with E-state index in [9.17, 15) is 14.9 Å². The molecule has 0 aliphatic rings. The number of anilines is 1. The second-order valence-electron chi connectivity index (χ2n) is 7.13. The predicted molar refractivity (Wildman–Crippen MR) is 122 cm³/mol. The summed E-state index contributed by atoms with van der Waals surface area (Å²) in [5.41, 5.74) is 1.74. The molecule has 0 radical (unpaired) electrons. The van der Waals surface area contributed by atoms with Gasteiger partial charge < -0.3 is 5.32 Å². The van der Waals surface area contributed by atoms with E-state index in [4.69, 9.17) is 0 Å². The number of carbonyl (C=O) groups is 1. The van der Waals surface area contributed by atoms with Gasteiger partial charge in [-0.25, -0.2) is 4.68 Å². The van der Waals surface area contributed by atoms with Gasteiger partial charge in [0.15, 0.2) is 0 Å². The molecule has 0 unspecified atom stereocenters. The number of carbonyl (C=O) groups excluding carboxylic acids is 1. The minimum Gasteiger partial charge on any atom is -0.315 e. The SMILES string of the molecule is Cc1c(NC(=O)/C(C#N)=C/c2cccc3ccccc23)c(=O)n(-c2ccccc2)n1C. The van der Waals surface area contributed by atoms with E-state index in [1.54, 1.807) is 24.7 Å². The van der Waals surface area contributed by atoms with Crippen molar-refractivity contribution in [2.45, 2.75) is 6.92 Å². The molecule has 0 spiro atoms. The molecule has 0 bridgehead atoms. The van der Waals surface area contributed by atoms with Crippen LogP contribution >= 0.6 is 0 Å². The third kappa shape index (κ3) is 3.65. The maximum Gasteiger partial charge on any atom is 0.295 e. The van der Waals surface area contributed by atoms with Gasteiger partial charge >= 0.3 is 0 Å². The number of amides is 1. The fourth-order valence-electron chi connectivity index (χ4n) is 3.57. The van der Waals surface area contributed by atoms with Crippen molar-refractivity contribution >= 4 is 28.4 Å². The second kappa shape index (κ2) is 8.17. The standard InChI is InChI=1S/C25H20N4O2/c1-17-23(25(31)29(28(17)2)21-12-4-3-5-13-21)27-24(30)20(16-26)15-19-11-8-10-18-9-6-7-14-22(18)19/h3-15H,1-2H3,(H,27,30)/b20-15+. The molecule has 4 rings (SSSR count). The fraction of sp³-hybridized carbons (Fsp3) is 0.0800. The molecule has 31 heavy (non-hydrogen) atoms. The molecular formula is C25H20N4O2. The molecule has 0 saturated carbocycles. The van der Waals surface area contributed by atoms with E-state index in [0.717, 1.165) is 16.3 Å². The van der Waals surface area contributed by atoms with Crippen LogP contribution in [0.5, 0.6) is 0 Å². The Labute approximate surface area is 179 Å². The van der Waals surface area contributed by atoms with Crippen LogP contribution in [0.4, 0.5) is 5.69 Å². The molecule has 1 aromatic heterocycles. The molecule has 1 heterocycles. The van der Waals surface area contributed by atoms with Gasteiger partial charge in [-0.1, -0.05) is 60.7 Å². The minimum atomic E-state index is -0.624. The number of fused-ring (bicyclic) bond motifs is 1. The molecule has 6 nitrogen and oxygen atoms in total. The van der Waals surface area contributed by atoms with E-state index in [1.165, 1.54) is 4.68 Å². The summed E-state index contributed by atoms with van der Waals surface area (Å²) in [6.45, 7) is 1.75. The topological polar surface area (TPSA) is 79.8 Å². The molecule has 0 aliphatic carbocycles. The number of para-hydroxylation sites is 1. The molecular weight excluding hydrogens is 388 g/mol. The predicted octanol–water partition coefficient (Wildman–Crippen LogP) is 4.18. The molecule has 1 N–H and O–H groups in total. The Balaban J connectivity index is 1.72. The highest BCUT2D eigenvalue weighted by Gasteiger charge is 2.20. The average molecular weight is 408 g/mol. The molecule has 6 heteroatoms. The van der Waals surface area contributed by atoms with E-state index in [1.807, 2.05) is 78.9 Å². The maximum absolute atomic E-state index is 13.0. The quantitative estimate of drug-likeness (QED) is 0.406. The summed E-state index contributed by atoms with van der Waals surface area (Å²) in [5, 5.41) is 14.2. The normalized spacial score (nSPS) is 11.3. The minimum absolute atomic E-state index is 0.0785. The molecule has 0 aliphatic heterocycles. The average Bonchev–Trinajstić information content (AvgIpc) is 3.01. The van der Waals surface area contributed by atoms with E-state index in [0.29, 0.717) is 11.4 Å². The zero-order valence-corrected chi connectivity index (χ0v) is 17.2. The van der Waals surface area contributed by atoms with Crippen LogP contribution < -0.4 is 10.9 Å². The number of benzene rings is 3. The summed E-state index contributed by atoms with van der Waals surface area (Å²) in [6.07, 6.45) is 1.55. The van der Waals surface area contributed by atoms with Gasteiger partial charge in [-0.05, 0) is 41.5 Å². The summed E-state index contributed by atoms with van der Waals surface area (Å²) < 4.78 is 3.15. The summed E-state index contributed by atoms with van der Waals surface area (Å²) >= 11 is 0. The Kier molecular flexibility index (Phi) is 5.25. The lowest BCUT2D eigenvalue weighted by Gasteiger charge is -2.07. The first-order chi connectivity index (χ1) is 15.0. The summed E-state index contributed by atoms with van der Waals surface area (Å²) in [5.74, 6) is -0.624. The van der Waals surface area contributed by atoms with Crippen molar-refractivity contribution in [1.82, 2.24) is 9.36 Å². The molecule has 3 aromatic carbocycles. The highest BCUT2D eigenvalue weighted by molar-refractivity contribution is 6.11. The van der Waals surface area contributed by atoms with E-state index < -0.39 is 5.91 Å². The first-order valence-corrected chi connectivity index (χ1v) is 9.76. The molecule has 0 saturated heterocycles.